The number of nitriles is 1. The van der Waals surface area contributed by atoms with E-state index in [9.17, 15) is 14.9 Å². The molecule has 26 heavy (non-hydrogen) atoms. The Labute approximate surface area is 156 Å². The molecule has 1 saturated heterocycles. The van der Waals surface area contributed by atoms with Crippen LogP contribution in [0.15, 0.2) is 24.3 Å². The van der Waals surface area contributed by atoms with Gasteiger partial charge in [-0.1, -0.05) is 0 Å². The highest BCUT2D eigenvalue weighted by Crippen LogP contribution is 2.31. The second-order valence-electron chi connectivity index (χ2n) is 6.08. The number of thiophene rings is 1. The maximum absolute atomic E-state index is 12.1. The van der Waals surface area contributed by atoms with Crippen LogP contribution in [0, 0.1) is 25.2 Å². The minimum atomic E-state index is -0.318. The maximum atomic E-state index is 12.1. The van der Waals surface area contributed by atoms with E-state index in [-0.39, 0.29) is 18.4 Å². The molecule has 1 aliphatic rings. The number of aryl methyl sites for hydroxylation is 1. The average Bonchev–Trinajstić information content (AvgIpc) is 3.17. The molecule has 7 heteroatoms. The molecular formula is C19H19N3O3S. The Kier molecular flexibility index (Phi) is 5.24. The molecule has 0 atom stereocenters. The second-order valence-corrected chi connectivity index (χ2v) is 7.30. The summed E-state index contributed by atoms with van der Waals surface area (Å²) >= 11 is 1.38. The lowest BCUT2D eigenvalue weighted by atomic mass is 10.2. The summed E-state index contributed by atoms with van der Waals surface area (Å²) < 4.78 is 5.50. The van der Waals surface area contributed by atoms with E-state index in [1.165, 1.54) is 11.3 Å². The van der Waals surface area contributed by atoms with Gasteiger partial charge in [0.2, 0.25) is 5.91 Å². The number of rotatable bonds is 5. The van der Waals surface area contributed by atoms with Crippen molar-refractivity contribution < 1.29 is 14.3 Å². The Hall–Kier alpha value is -2.85. The van der Waals surface area contributed by atoms with Crippen LogP contribution < -0.4 is 15.0 Å². The fourth-order valence-corrected chi connectivity index (χ4v) is 3.83. The predicted molar refractivity (Wildman–Crippen MR) is 101 cm³/mol. The van der Waals surface area contributed by atoms with E-state index in [1.807, 2.05) is 26.0 Å². The van der Waals surface area contributed by atoms with E-state index in [2.05, 4.69) is 11.4 Å². The number of nitrogens with zero attached hydrogens (tertiary/aromatic N) is 2. The Bertz CT molecular complexity index is 881. The van der Waals surface area contributed by atoms with Crippen LogP contribution in [0.3, 0.4) is 0 Å². The highest BCUT2D eigenvalue weighted by atomic mass is 32.1. The van der Waals surface area contributed by atoms with Crippen molar-refractivity contribution in [1.82, 2.24) is 0 Å². The van der Waals surface area contributed by atoms with Gasteiger partial charge >= 0.3 is 0 Å². The fourth-order valence-electron chi connectivity index (χ4n) is 2.80. The molecule has 1 fully saturated rings. The van der Waals surface area contributed by atoms with E-state index in [4.69, 9.17) is 4.74 Å². The minimum Gasteiger partial charge on any atom is -0.484 e. The van der Waals surface area contributed by atoms with Crippen molar-refractivity contribution in [2.45, 2.75) is 26.7 Å². The normalized spacial score (nSPS) is 13.6. The number of carbonyl (C=O) groups is 2. The lowest BCUT2D eigenvalue weighted by Crippen LogP contribution is -2.23. The third-order valence-electron chi connectivity index (χ3n) is 4.34. The van der Waals surface area contributed by atoms with Gasteiger partial charge < -0.3 is 15.0 Å². The van der Waals surface area contributed by atoms with Crippen LogP contribution in [0.1, 0.15) is 28.8 Å². The first kappa shape index (κ1) is 18.0. The van der Waals surface area contributed by atoms with E-state index in [0.29, 0.717) is 22.7 Å². The smallest absolute Gasteiger partial charge is 0.262 e. The maximum Gasteiger partial charge on any atom is 0.262 e. The first-order valence-electron chi connectivity index (χ1n) is 8.32. The van der Waals surface area contributed by atoms with Crippen LogP contribution in [0.5, 0.6) is 5.75 Å². The molecule has 2 aromatic rings. The molecule has 0 saturated carbocycles. The van der Waals surface area contributed by atoms with Crippen molar-refractivity contribution in [2.24, 2.45) is 0 Å². The van der Waals surface area contributed by atoms with Gasteiger partial charge in [0.25, 0.3) is 5.91 Å². The summed E-state index contributed by atoms with van der Waals surface area (Å²) in [5.41, 5.74) is 2.23. The quantitative estimate of drug-likeness (QED) is 0.876. The van der Waals surface area contributed by atoms with Crippen LogP contribution in [-0.4, -0.2) is 25.0 Å². The number of ether oxygens (including phenoxy) is 1. The molecule has 1 N–H and O–H groups in total. The molecule has 134 valence electrons. The zero-order valence-corrected chi connectivity index (χ0v) is 15.5. The fraction of sp³-hybridized carbons (Fsp3) is 0.316. The van der Waals surface area contributed by atoms with Gasteiger partial charge in [0, 0.05) is 23.5 Å². The van der Waals surface area contributed by atoms with Gasteiger partial charge in [0.1, 0.15) is 16.8 Å². The summed E-state index contributed by atoms with van der Waals surface area (Å²) in [6, 6.07) is 9.24. The monoisotopic (exact) mass is 369 g/mol. The molecule has 3 rings (SSSR count). The third-order valence-corrected chi connectivity index (χ3v) is 5.46. The molecule has 1 aromatic heterocycles. The molecule has 2 heterocycles. The molecule has 0 radical (unpaired) electrons. The number of anilines is 2. The third kappa shape index (κ3) is 3.70. The summed E-state index contributed by atoms with van der Waals surface area (Å²) in [7, 11) is 0. The number of nitrogens with one attached hydrogen (secondary N) is 1. The Morgan fingerprint density at radius 1 is 1.35 bits per heavy atom. The number of benzene rings is 1. The zero-order valence-electron chi connectivity index (χ0n) is 14.7. The topological polar surface area (TPSA) is 82.4 Å². The molecular weight excluding hydrogens is 350 g/mol. The standard InChI is InChI=1S/C19H19N3O3S/c1-12-13(2)26-19(16(12)10-20)21-17(23)11-25-15-7-5-14(6-8-15)22-9-3-4-18(22)24/h5-8H,3-4,9,11H2,1-2H3,(H,21,23). The second kappa shape index (κ2) is 7.58. The number of hydrogen-bond acceptors (Lipinski definition) is 5. The van der Waals surface area contributed by atoms with Crippen LogP contribution in [-0.2, 0) is 9.59 Å². The average molecular weight is 369 g/mol. The molecule has 2 amide bonds. The van der Waals surface area contributed by atoms with Crippen LogP contribution in [0.2, 0.25) is 0 Å². The van der Waals surface area contributed by atoms with E-state index < -0.39 is 0 Å². The van der Waals surface area contributed by atoms with E-state index >= 15 is 0 Å². The summed E-state index contributed by atoms with van der Waals surface area (Å²) in [6.07, 6.45) is 1.47. The van der Waals surface area contributed by atoms with Gasteiger partial charge in [-0.2, -0.15) is 5.26 Å². The van der Waals surface area contributed by atoms with Gasteiger partial charge in [-0.15, -0.1) is 11.3 Å². The highest BCUT2D eigenvalue weighted by Gasteiger charge is 2.21. The van der Waals surface area contributed by atoms with Crippen molar-refractivity contribution in [1.29, 1.82) is 5.26 Å². The summed E-state index contributed by atoms with van der Waals surface area (Å²) in [5.74, 6) is 0.365. The van der Waals surface area contributed by atoms with Crippen molar-refractivity contribution in [2.75, 3.05) is 23.4 Å². The summed E-state index contributed by atoms with van der Waals surface area (Å²) in [6.45, 7) is 4.37. The molecule has 0 bridgehead atoms. The van der Waals surface area contributed by atoms with Gasteiger partial charge in [0.05, 0.1) is 5.56 Å². The number of amides is 2. The predicted octanol–water partition coefficient (Wildman–Crippen LogP) is 3.38. The van der Waals surface area contributed by atoms with Gasteiger partial charge in [0.15, 0.2) is 6.61 Å². The molecule has 0 aliphatic carbocycles. The van der Waals surface area contributed by atoms with Gasteiger partial charge in [-0.3, -0.25) is 9.59 Å². The Morgan fingerprint density at radius 3 is 2.69 bits per heavy atom. The SMILES string of the molecule is Cc1sc(NC(=O)COc2ccc(N3CCCC3=O)cc2)c(C#N)c1C. The molecule has 0 spiro atoms. The van der Waals surface area contributed by atoms with Crippen molar-refractivity contribution in [3.63, 3.8) is 0 Å². The van der Waals surface area contributed by atoms with Crippen LogP contribution in [0.4, 0.5) is 10.7 Å². The van der Waals surface area contributed by atoms with Gasteiger partial charge in [-0.25, -0.2) is 0 Å². The first-order valence-corrected chi connectivity index (χ1v) is 9.14. The number of hydrogen-bond donors (Lipinski definition) is 1. The summed E-state index contributed by atoms with van der Waals surface area (Å²) in [4.78, 5) is 26.6. The highest BCUT2D eigenvalue weighted by molar-refractivity contribution is 7.16. The molecule has 0 unspecified atom stereocenters. The van der Waals surface area contributed by atoms with E-state index in [1.54, 1.807) is 17.0 Å². The Morgan fingerprint density at radius 2 is 2.08 bits per heavy atom. The van der Waals surface area contributed by atoms with Crippen molar-refractivity contribution in [3.8, 4) is 11.8 Å². The molecule has 1 aliphatic heterocycles. The lowest BCUT2D eigenvalue weighted by Gasteiger charge is -2.16. The largest absolute Gasteiger partial charge is 0.484 e. The zero-order chi connectivity index (χ0) is 18.7. The van der Waals surface area contributed by atoms with Crippen molar-refractivity contribution in [3.05, 3.63) is 40.3 Å². The van der Waals surface area contributed by atoms with Crippen LogP contribution in [0.25, 0.3) is 0 Å². The number of carbonyl (C=O) groups excluding carboxylic acids is 2. The Balaban J connectivity index is 1.57. The van der Waals surface area contributed by atoms with Crippen molar-refractivity contribution >= 4 is 33.8 Å². The lowest BCUT2D eigenvalue weighted by molar-refractivity contribution is -0.118. The van der Waals surface area contributed by atoms with Gasteiger partial charge in [-0.05, 0) is 50.1 Å². The molecule has 6 nitrogen and oxygen atoms in total. The van der Waals surface area contributed by atoms with Crippen LogP contribution >= 0.6 is 11.3 Å². The minimum absolute atomic E-state index is 0.132. The summed E-state index contributed by atoms with van der Waals surface area (Å²) in [5, 5.41) is 12.5. The first-order chi connectivity index (χ1) is 12.5. The van der Waals surface area contributed by atoms with E-state index in [0.717, 1.165) is 29.1 Å². The molecule has 1 aromatic carbocycles.